The van der Waals surface area contributed by atoms with Gasteiger partial charge in [-0.3, -0.25) is 9.59 Å². The Morgan fingerprint density at radius 1 is 1.08 bits per heavy atom. The maximum atomic E-state index is 12.8. The number of aryl methyl sites for hydroxylation is 1. The molecule has 24 heavy (non-hydrogen) atoms. The van der Waals surface area contributed by atoms with Crippen LogP contribution in [0, 0.1) is 5.92 Å². The summed E-state index contributed by atoms with van der Waals surface area (Å²) in [5, 5.41) is 0. The maximum absolute atomic E-state index is 12.8. The van der Waals surface area contributed by atoms with Gasteiger partial charge in [0.1, 0.15) is 5.78 Å². The van der Waals surface area contributed by atoms with Gasteiger partial charge in [-0.2, -0.15) is 0 Å². The van der Waals surface area contributed by atoms with Crippen molar-refractivity contribution in [3.8, 4) is 0 Å². The molecule has 0 saturated heterocycles. The molecule has 2 aromatic rings. The average Bonchev–Trinajstić information content (AvgIpc) is 3.06. The van der Waals surface area contributed by atoms with Gasteiger partial charge in [-0.15, -0.1) is 0 Å². The first-order chi connectivity index (χ1) is 11.7. The van der Waals surface area contributed by atoms with E-state index in [1.165, 1.54) is 5.56 Å². The first-order valence-electron chi connectivity index (χ1n) is 8.89. The molecule has 1 fully saturated rings. The molecule has 1 saturated carbocycles. The summed E-state index contributed by atoms with van der Waals surface area (Å²) in [5.74, 6) is 0.440. The van der Waals surface area contributed by atoms with E-state index >= 15 is 0 Å². The molecule has 0 aliphatic heterocycles. The Balaban J connectivity index is 1.83. The van der Waals surface area contributed by atoms with E-state index in [1.807, 2.05) is 54.6 Å². The van der Waals surface area contributed by atoms with Crippen molar-refractivity contribution in [1.82, 2.24) is 0 Å². The molecule has 0 heterocycles. The summed E-state index contributed by atoms with van der Waals surface area (Å²) in [5.41, 5.74) is 3.09. The second-order valence-electron chi connectivity index (χ2n) is 6.66. The van der Waals surface area contributed by atoms with Gasteiger partial charge in [-0.05, 0) is 30.4 Å². The molecule has 0 aromatic heterocycles. The predicted octanol–water partition coefficient (Wildman–Crippen LogP) is 4.97. The van der Waals surface area contributed by atoms with Crippen LogP contribution in [0.5, 0.6) is 0 Å². The van der Waals surface area contributed by atoms with Crippen LogP contribution < -0.4 is 0 Å². The van der Waals surface area contributed by atoms with E-state index in [0.717, 1.165) is 30.4 Å². The molecule has 2 nitrogen and oxygen atoms in total. The summed E-state index contributed by atoms with van der Waals surface area (Å²) in [6.07, 6.45) is 3.89. The molecule has 124 valence electrons. The number of Topliss-reactive ketones (excluding diaryl/α,β-unsaturated/α-hetero) is 2. The molecular formula is C22H24O2. The van der Waals surface area contributed by atoms with Crippen molar-refractivity contribution < 1.29 is 9.59 Å². The lowest BCUT2D eigenvalue weighted by Crippen LogP contribution is -2.20. The molecule has 0 N–H and O–H groups in total. The van der Waals surface area contributed by atoms with Gasteiger partial charge in [0.25, 0.3) is 0 Å². The van der Waals surface area contributed by atoms with Gasteiger partial charge >= 0.3 is 0 Å². The third-order valence-corrected chi connectivity index (χ3v) is 5.15. The van der Waals surface area contributed by atoms with Crippen molar-refractivity contribution >= 4 is 11.6 Å². The topological polar surface area (TPSA) is 34.1 Å². The second-order valence-corrected chi connectivity index (χ2v) is 6.66. The van der Waals surface area contributed by atoms with E-state index in [-0.39, 0.29) is 17.6 Å². The number of hydrogen-bond acceptors (Lipinski definition) is 2. The molecule has 0 amide bonds. The minimum absolute atomic E-state index is 0.000415. The fourth-order valence-electron chi connectivity index (χ4n) is 3.70. The third kappa shape index (κ3) is 3.64. The predicted molar refractivity (Wildman–Crippen MR) is 96.3 cm³/mol. The van der Waals surface area contributed by atoms with E-state index in [9.17, 15) is 9.59 Å². The lowest BCUT2D eigenvalue weighted by molar-refractivity contribution is -0.121. The number of ketones is 2. The number of benzene rings is 2. The summed E-state index contributed by atoms with van der Waals surface area (Å²) in [7, 11) is 0. The quantitative estimate of drug-likeness (QED) is 0.704. The number of carbonyl (C=O) groups is 2. The molecule has 3 rings (SSSR count). The van der Waals surface area contributed by atoms with E-state index in [0.29, 0.717) is 18.6 Å². The molecule has 2 atom stereocenters. The van der Waals surface area contributed by atoms with Crippen LogP contribution in [0.1, 0.15) is 60.0 Å². The van der Waals surface area contributed by atoms with Crippen molar-refractivity contribution in [2.45, 2.75) is 44.9 Å². The standard InChI is InChI=1S/C22H24O2/c1-2-16-11-13-18(14-12-16)22(24)15-20(17-7-4-3-5-8-17)19-9-6-10-21(19)23/h3-5,7-8,11-14,19-20H,2,6,9-10,15H2,1H3/t19-,20+/m0/s1. The normalized spacial score (nSPS) is 18.5. The highest BCUT2D eigenvalue weighted by atomic mass is 16.1. The Morgan fingerprint density at radius 3 is 2.38 bits per heavy atom. The van der Waals surface area contributed by atoms with Gasteiger partial charge in [0.2, 0.25) is 0 Å². The molecule has 0 radical (unpaired) electrons. The molecule has 0 bridgehead atoms. The van der Waals surface area contributed by atoms with Crippen LogP contribution in [0.3, 0.4) is 0 Å². The molecule has 1 aliphatic carbocycles. The zero-order valence-corrected chi connectivity index (χ0v) is 14.2. The second kappa shape index (κ2) is 7.57. The first kappa shape index (κ1) is 16.6. The van der Waals surface area contributed by atoms with Gasteiger partial charge in [-0.1, -0.05) is 61.5 Å². The summed E-state index contributed by atoms with van der Waals surface area (Å²) >= 11 is 0. The van der Waals surface area contributed by atoms with Gasteiger partial charge in [0.15, 0.2) is 5.78 Å². The van der Waals surface area contributed by atoms with Crippen molar-refractivity contribution in [2.24, 2.45) is 5.92 Å². The van der Waals surface area contributed by atoms with Crippen LogP contribution in [0.2, 0.25) is 0 Å². The van der Waals surface area contributed by atoms with E-state index < -0.39 is 0 Å². The molecule has 2 heteroatoms. The third-order valence-electron chi connectivity index (χ3n) is 5.15. The van der Waals surface area contributed by atoms with Crippen LogP contribution in [0.25, 0.3) is 0 Å². The summed E-state index contributed by atoms with van der Waals surface area (Å²) in [4.78, 5) is 25.1. The summed E-state index contributed by atoms with van der Waals surface area (Å²) in [6, 6.07) is 17.9. The Labute approximate surface area is 143 Å². The minimum Gasteiger partial charge on any atom is -0.299 e. The van der Waals surface area contributed by atoms with Crippen LogP contribution in [-0.4, -0.2) is 11.6 Å². The van der Waals surface area contributed by atoms with Gasteiger partial charge in [-0.25, -0.2) is 0 Å². The van der Waals surface area contributed by atoms with Crippen molar-refractivity contribution in [3.05, 3.63) is 71.3 Å². The Bertz CT molecular complexity index is 701. The van der Waals surface area contributed by atoms with Crippen LogP contribution in [0.15, 0.2) is 54.6 Å². The van der Waals surface area contributed by atoms with Gasteiger partial charge in [0, 0.05) is 30.2 Å². The molecule has 0 spiro atoms. The van der Waals surface area contributed by atoms with Crippen LogP contribution in [-0.2, 0) is 11.2 Å². The zero-order chi connectivity index (χ0) is 16.9. The van der Waals surface area contributed by atoms with Gasteiger partial charge < -0.3 is 0 Å². The average molecular weight is 320 g/mol. The lowest BCUT2D eigenvalue weighted by atomic mass is 9.80. The molecular weight excluding hydrogens is 296 g/mol. The molecule has 1 aliphatic rings. The van der Waals surface area contributed by atoms with Crippen molar-refractivity contribution in [2.75, 3.05) is 0 Å². The smallest absolute Gasteiger partial charge is 0.163 e. The maximum Gasteiger partial charge on any atom is 0.163 e. The Morgan fingerprint density at radius 2 is 1.79 bits per heavy atom. The van der Waals surface area contributed by atoms with Crippen molar-refractivity contribution in [1.29, 1.82) is 0 Å². The monoisotopic (exact) mass is 320 g/mol. The highest BCUT2D eigenvalue weighted by Crippen LogP contribution is 2.38. The number of hydrogen-bond donors (Lipinski definition) is 0. The first-order valence-corrected chi connectivity index (χ1v) is 8.89. The number of rotatable bonds is 6. The Kier molecular flexibility index (Phi) is 5.24. The van der Waals surface area contributed by atoms with E-state index in [2.05, 4.69) is 6.92 Å². The molecule has 0 unspecified atom stereocenters. The summed E-state index contributed by atoms with van der Waals surface area (Å²) in [6.45, 7) is 2.11. The highest BCUT2D eigenvalue weighted by molar-refractivity contribution is 5.97. The van der Waals surface area contributed by atoms with E-state index in [4.69, 9.17) is 0 Å². The largest absolute Gasteiger partial charge is 0.299 e. The zero-order valence-electron chi connectivity index (χ0n) is 14.2. The summed E-state index contributed by atoms with van der Waals surface area (Å²) < 4.78 is 0. The SMILES string of the molecule is CCc1ccc(C(=O)C[C@H](c2ccccc2)[C@@H]2CCCC2=O)cc1. The lowest BCUT2D eigenvalue weighted by Gasteiger charge is -2.22. The van der Waals surface area contributed by atoms with Crippen LogP contribution in [0.4, 0.5) is 0 Å². The van der Waals surface area contributed by atoms with Crippen LogP contribution >= 0.6 is 0 Å². The van der Waals surface area contributed by atoms with Crippen molar-refractivity contribution in [3.63, 3.8) is 0 Å². The fraction of sp³-hybridized carbons (Fsp3) is 0.364. The van der Waals surface area contributed by atoms with Gasteiger partial charge in [0.05, 0.1) is 0 Å². The Hall–Kier alpha value is -2.22. The number of carbonyl (C=O) groups excluding carboxylic acids is 2. The minimum atomic E-state index is -0.00809. The molecule has 2 aromatic carbocycles. The fourth-order valence-corrected chi connectivity index (χ4v) is 3.70. The van der Waals surface area contributed by atoms with E-state index in [1.54, 1.807) is 0 Å². The highest BCUT2D eigenvalue weighted by Gasteiger charge is 2.34.